The van der Waals surface area contributed by atoms with Crippen molar-refractivity contribution in [3.8, 4) is 5.75 Å². The second-order valence-corrected chi connectivity index (χ2v) is 9.15. The SMILES string of the molecule is C=C(C)C(=O)OCCCCCCS(=O)(=O)c1ccc(/N=N/c2ccc(OC)cc2)cc1. The molecule has 0 heterocycles. The second-order valence-electron chi connectivity index (χ2n) is 7.04. The van der Waals surface area contributed by atoms with Crippen LogP contribution >= 0.6 is 0 Å². The van der Waals surface area contributed by atoms with Gasteiger partial charge >= 0.3 is 5.97 Å². The maximum Gasteiger partial charge on any atom is 0.333 e. The van der Waals surface area contributed by atoms with E-state index in [4.69, 9.17) is 9.47 Å². The van der Waals surface area contributed by atoms with Gasteiger partial charge in [0.1, 0.15) is 5.75 Å². The predicted molar refractivity (Wildman–Crippen MR) is 120 cm³/mol. The Morgan fingerprint density at radius 3 is 2.00 bits per heavy atom. The number of methoxy groups -OCH3 is 1. The summed E-state index contributed by atoms with van der Waals surface area (Å²) in [6, 6.07) is 13.5. The van der Waals surface area contributed by atoms with Crippen LogP contribution in [0.3, 0.4) is 0 Å². The lowest BCUT2D eigenvalue weighted by Crippen LogP contribution is -2.07. The molecule has 7 nitrogen and oxygen atoms in total. The third-order valence-electron chi connectivity index (χ3n) is 4.44. The van der Waals surface area contributed by atoms with Gasteiger partial charge in [-0.3, -0.25) is 0 Å². The number of ether oxygens (including phenoxy) is 2. The van der Waals surface area contributed by atoms with E-state index in [9.17, 15) is 13.2 Å². The number of carbonyl (C=O) groups excluding carboxylic acids is 1. The molecule has 2 aromatic carbocycles. The largest absolute Gasteiger partial charge is 0.497 e. The lowest BCUT2D eigenvalue weighted by molar-refractivity contribution is -0.139. The zero-order valence-corrected chi connectivity index (χ0v) is 18.7. The maximum atomic E-state index is 12.5. The van der Waals surface area contributed by atoms with E-state index < -0.39 is 15.8 Å². The minimum atomic E-state index is -3.35. The van der Waals surface area contributed by atoms with Crippen molar-refractivity contribution in [3.63, 3.8) is 0 Å². The van der Waals surface area contributed by atoms with E-state index in [1.54, 1.807) is 62.6 Å². The van der Waals surface area contributed by atoms with E-state index in [1.165, 1.54) is 0 Å². The van der Waals surface area contributed by atoms with Gasteiger partial charge in [0.15, 0.2) is 9.84 Å². The van der Waals surface area contributed by atoms with E-state index in [-0.39, 0.29) is 10.6 Å². The van der Waals surface area contributed by atoms with E-state index in [0.717, 1.165) is 18.6 Å². The molecule has 0 saturated carbocycles. The molecule has 2 aromatic rings. The first-order chi connectivity index (χ1) is 14.8. The van der Waals surface area contributed by atoms with Crippen LogP contribution in [0.4, 0.5) is 11.4 Å². The fourth-order valence-corrected chi connectivity index (χ4v) is 4.01. The van der Waals surface area contributed by atoms with Crippen molar-refractivity contribution in [1.82, 2.24) is 0 Å². The minimum absolute atomic E-state index is 0.0747. The van der Waals surface area contributed by atoms with E-state index in [1.807, 2.05) is 0 Å². The topological polar surface area (TPSA) is 94.4 Å². The minimum Gasteiger partial charge on any atom is -0.497 e. The molecule has 0 aliphatic rings. The highest BCUT2D eigenvalue weighted by molar-refractivity contribution is 7.91. The molecular weight excluding hydrogens is 416 g/mol. The predicted octanol–water partition coefficient (Wildman–Crippen LogP) is 5.56. The number of hydrogen-bond acceptors (Lipinski definition) is 7. The molecule has 0 amide bonds. The Bertz CT molecular complexity index is 997. The number of sulfone groups is 1. The van der Waals surface area contributed by atoms with Gasteiger partial charge in [0.25, 0.3) is 0 Å². The van der Waals surface area contributed by atoms with Crippen LogP contribution in [0, 0.1) is 0 Å². The zero-order chi connectivity index (χ0) is 22.7. The summed E-state index contributed by atoms with van der Waals surface area (Å²) < 4.78 is 35.1. The maximum absolute atomic E-state index is 12.5. The number of azo groups is 1. The Labute approximate surface area is 183 Å². The molecule has 0 radical (unpaired) electrons. The summed E-state index contributed by atoms with van der Waals surface area (Å²) in [5, 5.41) is 8.26. The van der Waals surface area contributed by atoms with Gasteiger partial charge in [-0.2, -0.15) is 10.2 Å². The molecular formula is C23H28N2O5S. The summed E-state index contributed by atoms with van der Waals surface area (Å²) in [5.41, 5.74) is 1.62. The summed E-state index contributed by atoms with van der Waals surface area (Å²) in [5.74, 6) is 0.417. The fourth-order valence-electron chi connectivity index (χ4n) is 2.64. The van der Waals surface area contributed by atoms with Crippen molar-refractivity contribution in [1.29, 1.82) is 0 Å². The molecule has 0 bridgehead atoms. The van der Waals surface area contributed by atoms with E-state index in [2.05, 4.69) is 16.8 Å². The number of carbonyl (C=O) groups is 1. The monoisotopic (exact) mass is 444 g/mol. The summed E-state index contributed by atoms with van der Waals surface area (Å²) in [7, 11) is -1.76. The van der Waals surface area contributed by atoms with Crippen molar-refractivity contribution < 1.29 is 22.7 Å². The Morgan fingerprint density at radius 2 is 1.45 bits per heavy atom. The molecule has 0 aliphatic heterocycles. The highest BCUT2D eigenvalue weighted by Crippen LogP contribution is 2.23. The third-order valence-corrected chi connectivity index (χ3v) is 6.25. The molecule has 2 rings (SSSR count). The van der Waals surface area contributed by atoms with Gasteiger partial charge in [0.05, 0.1) is 35.7 Å². The molecule has 0 aliphatic carbocycles. The average Bonchev–Trinajstić information content (AvgIpc) is 2.77. The smallest absolute Gasteiger partial charge is 0.333 e. The van der Waals surface area contributed by atoms with Gasteiger partial charge in [-0.15, -0.1) is 0 Å². The lowest BCUT2D eigenvalue weighted by Gasteiger charge is -2.06. The Balaban J connectivity index is 1.78. The van der Waals surface area contributed by atoms with Gasteiger partial charge in [-0.05, 0) is 68.3 Å². The van der Waals surface area contributed by atoms with Gasteiger partial charge in [0.2, 0.25) is 0 Å². The molecule has 166 valence electrons. The van der Waals surface area contributed by atoms with Crippen molar-refractivity contribution >= 4 is 27.2 Å². The number of nitrogens with zero attached hydrogens (tertiary/aromatic N) is 2. The van der Waals surface area contributed by atoms with Gasteiger partial charge in [-0.25, -0.2) is 13.2 Å². The first kappa shape index (κ1) is 24.3. The summed E-state index contributed by atoms with van der Waals surface area (Å²) in [6.07, 6.45) is 2.80. The standard InChI is InChI=1S/C23H28N2O5S/c1-18(2)23(26)30-16-6-4-5-7-17-31(27,28)22-14-10-20(11-15-22)25-24-19-8-12-21(29-3)13-9-19/h8-15H,1,4-7,16-17H2,2-3H3/b25-24+. The molecule has 0 spiro atoms. The van der Waals surface area contributed by atoms with Crippen molar-refractivity contribution in [3.05, 3.63) is 60.7 Å². The first-order valence-electron chi connectivity index (χ1n) is 10.0. The molecule has 0 atom stereocenters. The fraction of sp³-hybridized carbons (Fsp3) is 0.348. The molecule has 0 saturated heterocycles. The molecule has 0 aromatic heterocycles. The average molecular weight is 445 g/mol. The Hall–Kier alpha value is -3.00. The molecule has 31 heavy (non-hydrogen) atoms. The Morgan fingerprint density at radius 1 is 0.903 bits per heavy atom. The van der Waals surface area contributed by atoms with Crippen LogP contribution in [0.25, 0.3) is 0 Å². The van der Waals surface area contributed by atoms with E-state index in [0.29, 0.717) is 36.4 Å². The number of rotatable bonds is 12. The number of benzene rings is 2. The summed E-state index contributed by atoms with van der Waals surface area (Å²) >= 11 is 0. The third kappa shape index (κ3) is 8.33. The van der Waals surface area contributed by atoms with Crippen LogP contribution in [-0.4, -0.2) is 33.9 Å². The molecule has 0 fully saturated rings. The van der Waals surface area contributed by atoms with Crippen LogP contribution in [0.1, 0.15) is 32.6 Å². The Kier molecular flexibility index (Phi) is 9.40. The zero-order valence-electron chi connectivity index (χ0n) is 17.9. The summed E-state index contributed by atoms with van der Waals surface area (Å²) in [4.78, 5) is 11.5. The summed E-state index contributed by atoms with van der Waals surface area (Å²) in [6.45, 7) is 5.44. The van der Waals surface area contributed by atoms with Gasteiger partial charge in [0, 0.05) is 5.57 Å². The van der Waals surface area contributed by atoms with Crippen LogP contribution in [0.2, 0.25) is 0 Å². The van der Waals surface area contributed by atoms with E-state index >= 15 is 0 Å². The van der Waals surface area contributed by atoms with Crippen LogP contribution in [0.15, 0.2) is 75.8 Å². The van der Waals surface area contributed by atoms with Crippen molar-refractivity contribution in [2.75, 3.05) is 19.5 Å². The molecule has 8 heteroatoms. The molecule has 0 N–H and O–H groups in total. The van der Waals surface area contributed by atoms with Gasteiger partial charge in [-0.1, -0.05) is 19.4 Å². The number of unbranched alkanes of at least 4 members (excludes halogenated alkanes) is 3. The number of esters is 1. The first-order valence-corrected chi connectivity index (χ1v) is 11.7. The normalized spacial score (nSPS) is 11.4. The lowest BCUT2D eigenvalue weighted by atomic mass is 10.2. The van der Waals surface area contributed by atoms with Gasteiger partial charge < -0.3 is 9.47 Å². The highest BCUT2D eigenvalue weighted by Gasteiger charge is 2.13. The highest BCUT2D eigenvalue weighted by atomic mass is 32.2. The molecule has 0 unspecified atom stereocenters. The van der Waals surface area contributed by atoms with Crippen LogP contribution < -0.4 is 4.74 Å². The van der Waals surface area contributed by atoms with Crippen LogP contribution in [-0.2, 0) is 19.4 Å². The van der Waals surface area contributed by atoms with Crippen LogP contribution in [0.5, 0.6) is 5.75 Å². The number of hydrogen-bond donors (Lipinski definition) is 0. The van der Waals surface area contributed by atoms with Crippen molar-refractivity contribution in [2.45, 2.75) is 37.5 Å². The quantitative estimate of drug-likeness (QED) is 0.185. The second kappa shape index (κ2) is 12.0. The van der Waals surface area contributed by atoms with Crippen molar-refractivity contribution in [2.24, 2.45) is 10.2 Å².